The van der Waals surface area contributed by atoms with E-state index < -0.39 is 11.9 Å². The Hall–Kier alpha value is -2.21. The van der Waals surface area contributed by atoms with Crippen molar-refractivity contribution in [2.24, 2.45) is 0 Å². The molecule has 2 aromatic heterocycles. The van der Waals surface area contributed by atoms with E-state index >= 15 is 0 Å². The van der Waals surface area contributed by atoms with Crippen molar-refractivity contribution in [2.75, 3.05) is 18.0 Å². The molecule has 1 aliphatic heterocycles. The third-order valence-electron chi connectivity index (χ3n) is 3.67. The van der Waals surface area contributed by atoms with Crippen molar-refractivity contribution in [3.05, 3.63) is 33.9 Å². The summed E-state index contributed by atoms with van der Waals surface area (Å²) < 4.78 is 38.0. The van der Waals surface area contributed by atoms with Crippen molar-refractivity contribution in [2.45, 2.75) is 24.9 Å². The van der Waals surface area contributed by atoms with Crippen molar-refractivity contribution in [3.63, 3.8) is 0 Å². The van der Waals surface area contributed by atoms with Crippen LogP contribution in [0.4, 0.5) is 19.0 Å². The molecule has 0 bridgehead atoms. The van der Waals surface area contributed by atoms with E-state index in [0.717, 1.165) is 36.1 Å². The number of hydrogen-bond acceptors (Lipinski definition) is 6. The van der Waals surface area contributed by atoms with Crippen LogP contribution in [-0.2, 0) is 6.18 Å². The molecule has 0 aromatic carbocycles. The minimum Gasteiger partial charge on any atom is -0.354 e. The molecule has 2 aromatic rings. The van der Waals surface area contributed by atoms with Gasteiger partial charge in [-0.2, -0.15) is 18.4 Å². The van der Waals surface area contributed by atoms with Gasteiger partial charge in [0, 0.05) is 24.4 Å². The Labute approximate surface area is 134 Å². The molecule has 1 unspecified atom stereocenters. The van der Waals surface area contributed by atoms with E-state index in [9.17, 15) is 13.2 Å². The summed E-state index contributed by atoms with van der Waals surface area (Å²) in [4.78, 5) is 5.72. The number of thiazole rings is 1. The van der Waals surface area contributed by atoms with E-state index in [1.54, 1.807) is 12.1 Å². The highest BCUT2D eigenvalue weighted by Gasteiger charge is 2.35. The van der Waals surface area contributed by atoms with Gasteiger partial charge in [-0.05, 0) is 25.0 Å². The van der Waals surface area contributed by atoms with Gasteiger partial charge in [-0.1, -0.05) is 0 Å². The number of piperidine rings is 1. The maximum absolute atomic E-state index is 12.7. The number of anilines is 1. The first kappa shape index (κ1) is 15.7. The van der Waals surface area contributed by atoms with Gasteiger partial charge in [0.15, 0.2) is 17.2 Å². The van der Waals surface area contributed by atoms with E-state index in [2.05, 4.69) is 15.2 Å². The van der Waals surface area contributed by atoms with E-state index in [1.807, 2.05) is 11.0 Å². The molecule has 0 N–H and O–H groups in total. The van der Waals surface area contributed by atoms with Gasteiger partial charge >= 0.3 is 6.18 Å². The first-order valence-electron chi connectivity index (χ1n) is 6.99. The highest BCUT2D eigenvalue weighted by molar-refractivity contribution is 7.09. The highest BCUT2D eigenvalue weighted by atomic mass is 32.1. The zero-order chi connectivity index (χ0) is 16.4. The Balaban J connectivity index is 1.75. The fraction of sp³-hybridized carbons (Fsp3) is 0.429. The smallest absolute Gasteiger partial charge is 0.354 e. The van der Waals surface area contributed by atoms with Crippen LogP contribution in [0.15, 0.2) is 17.5 Å². The molecule has 1 fully saturated rings. The first-order chi connectivity index (χ1) is 11.0. The van der Waals surface area contributed by atoms with Crippen molar-refractivity contribution in [3.8, 4) is 6.07 Å². The number of alkyl halides is 3. The topological polar surface area (TPSA) is 65.7 Å². The predicted molar refractivity (Wildman–Crippen MR) is 78.1 cm³/mol. The molecule has 0 spiro atoms. The summed E-state index contributed by atoms with van der Waals surface area (Å²) in [5.74, 6) is 0.573. The third kappa shape index (κ3) is 3.42. The maximum atomic E-state index is 12.7. The molecule has 3 heterocycles. The molecule has 0 aliphatic carbocycles. The Morgan fingerprint density at radius 2 is 2.13 bits per heavy atom. The van der Waals surface area contributed by atoms with Crippen LogP contribution in [0.25, 0.3) is 0 Å². The number of aromatic nitrogens is 3. The summed E-state index contributed by atoms with van der Waals surface area (Å²) >= 11 is 1.05. The molecule has 5 nitrogen and oxygen atoms in total. The van der Waals surface area contributed by atoms with Crippen molar-refractivity contribution in [1.29, 1.82) is 5.26 Å². The third-order valence-corrected chi connectivity index (χ3v) is 4.68. The Bertz CT molecular complexity index is 719. The van der Waals surface area contributed by atoms with Crippen LogP contribution in [0.3, 0.4) is 0 Å². The van der Waals surface area contributed by atoms with Crippen LogP contribution in [0.2, 0.25) is 0 Å². The molecule has 0 amide bonds. The van der Waals surface area contributed by atoms with Crippen LogP contribution in [-0.4, -0.2) is 28.3 Å². The molecule has 1 aliphatic rings. The van der Waals surface area contributed by atoms with E-state index in [0.29, 0.717) is 17.4 Å². The van der Waals surface area contributed by atoms with Crippen molar-refractivity contribution < 1.29 is 13.2 Å². The van der Waals surface area contributed by atoms with Crippen LogP contribution in [0.5, 0.6) is 0 Å². The summed E-state index contributed by atoms with van der Waals surface area (Å²) in [6, 6.07) is 5.19. The molecular formula is C14H12F3N5S. The van der Waals surface area contributed by atoms with Gasteiger partial charge in [-0.25, -0.2) is 4.98 Å². The predicted octanol–water partition coefficient (Wildman–Crippen LogP) is 3.21. The summed E-state index contributed by atoms with van der Waals surface area (Å²) in [6.07, 6.45) is -2.76. The normalized spacial score (nSPS) is 18.7. The zero-order valence-corrected chi connectivity index (χ0v) is 12.7. The lowest BCUT2D eigenvalue weighted by atomic mass is 9.99. The van der Waals surface area contributed by atoms with Gasteiger partial charge in [-0.3, -0.25) is 0 Å². The lowest BCUT2D eigenvalue weighted by molar-refractivity contribution is -0.140. The molecule has 3 rings (SSSR count). The first-order valence-corrected chi connectivity index (χ1v) is 7.87. The lowest BCUT2D eigenvalue weighted by Gasteiger charge is -2.32. The number of halogens is 3. The fourth-order valence-electron chi connectivity index (χ4n) is 2.55. The molecular weight excluding hydrogens is 327 g/mol. The van der Waals surface area contributed by atoms with Gasteiger partial charge in [0.05, 0.1) is 5.01 Å². The fourth-order valence-corrected chi connectivity index (χ4v) is 3.50. The number of nitrogens with zero attached hydrogens (tertiary/aromatic N) is 5. The second kappa shape index (κ2) is 6.12. The molecule has 0 radical (unpaired) electrons. The monoisotopic (exact) mass is 339 g/mol. The molecule has 9 heteroatoms. The second-order valence-corrected chi connectivity index (χ2v) is 6.13. The van der Waals surface area contributed by atoms with Crippen molar-refractivity contribution in [1.82, 2.24) is 15.2 Å². The molecule has 1 atom stereocenters. The summed E-state index contributed by atoms with van der Waals surface area (Å²) in [6.45, 7) is 1.31. The van der Waals surface area contributed by atoms with E-state index in [4.69, 9.17) is 5.26 Å². The molecule has 23 heavy (non-hydrogen) atoms. The van der Waals surface area contributed by atoms with Crippen LogP contribution >= 0.6 is 11.3 Å². The van der Waals surface area contributed by atoms with Crippen LogP contribution < -0.4 is 4.90 Å². The Kier molecular flexibility index (Phi) is 4.17. The quantitative estimate of drug-likeness (QED) is 0.840. The Morgan fingerprint density at radius 1 is 1.30 bits per heavy atom. The van der Waals surface area contributed by atoms with Gasteiger partial charge in [-0.15, -0.1) is 21.5 Å². The zero-order valence-electron chi connectivity index (χ0n) is 11.9. The lowest BCUT2D eigenvalue weighted by Crippen LogP contribution is -2.35. The molecule has 120 valence electrons. The minimum atomic E-state index is -4.40. The summed E-state index contributed by atoms with van der Waals surface area (Å²) in [7, 11) is 0. The average molecular weight is 339 g/mol. The summed E-state index contributed by atoms with van der Waals surface area (Å²) in [5.41, 5.74) is -0.593. The van der Waals surface area contributed by atoms with Crippen LogP contribution in [0, 0.1) is 11.3 Å². The molecule has 1 saturated heterocycles. The van der Waals surface area contributed by atoms with E-state index in [1.165, 1.54) is 0 Å². The second-order valence-electron chi connectivity index (χ2n) is 5.24. The Morgan fingerprint density at radius 3 is 2.74 bits per heavy atom. The minimum absolute atomic E-state index is 0.0534. The largest absolute Gasteiger partial charge is 0.434 e. The SMILES string of the molecule is N#Cc1ccc(N2CCCC(c3nc(C(F)(F)F)cs3)C2)nn1. The highest BCUT2D eigenvalue weighted by Crippen LogP contribution is 2.35. The summed E-state index contributed by atoms with van der Waals surface area (Å²) in [5, 5.41) is 18.1. The number of rotatable bonds is 2. The maximum Gasteiger partial charge on any atom is 0.434 e. The average Bonchev–Trinajstić information content (AvgIpc) is 3.05. The standard InChI is InChI=1S/C14H12F3N5S/c15-14(16,17)11-8-23-13(19-11)9-2-1-5-22(7-9)12-4-3-10(6-18)20-21-12/h3-4,8-9H,1-2,5,7H2. The van der Waals surface area contributed by atoms with Crippen molar-refractivity contribution >= 4 is 17.2 Å². The van der Waals surface area contributed by atoms with Gasteiger partial charge in [0.2, 0.25) is 0 Å². The van der Waals surface area contributed by atoms with Gasteiger partial charge < -0.3 is 4.90 Å². The van der Waals surface area contributed by atoms with Gasteiger partial charge in [0.1, 0.15) is 6.07 Å². The molecule has 0 saturated carbocycles. The number of nitriles is 1. The van der Waals surface area contributed by atoms with E-state index in [-0.39, 0.29) is 11.6 Å². The number of hydrogen-bond donors (Lipinski definition) is 0. The van der Waals surface area contributed by atoms with Gasteiger partial charge in [0.25, 0.3) is 0 Å². The van der Waals surface area contributed by atoms with Crippen LogP contribution in [0.1, 0.15) is 35.2 Å².